The van der Waals surface area contributed by atoms with Crippen LogP contribution in [0.25, 0.3) is 0 Å². The Hall–Kier alpha value is -1.49. The molecule has 0 aromatic carbocycles. The molecule has 1 fully saturated rings. The molecule has 0 atom stereocenters. The number of ether oxygens (including phenoxy) is 1. The fourth-order valence-corrected chi connectivity index (χ4v) is 2.27. The third kappa shape index (κ3) is 4.56. The minimum atomic E-state index is -0.296. The van der Waals surface area contributed by atoms with Crippen LogP contribution in [0.3, 0.4) is 0 Å². The third-order valence-electron chi connectivity index (χ3n) is 3.23. The molecule has 2 rings (SSSR count). The van der Waals surface area contributed by atoms with Gasteiger partial charge >= 0.3 is 0 Å². The second kappa shape index (κ2) is 6.31. The number of anilines is 2. The van der Waals surface area contributed by atoms with Gasteiger partial charge in [0.2, 0.25) is 5.88 Å². The van der Waals surface area contributed by atoms with Crippen molar-refractivity contribution in [3.8, 4) is 5.88 Å². The molecule has 0 amide bonds. The number of nitrogens with zero attached hydrogens (tertiary/aromatic N) is 2. The van der Waals surface area contributed by atoms with Crippen molar-refractivity contribution in [3.63, 3.8) is 0 Å². The number of nitrogen functional groups attached to an aromatic ring is 1. The van der Waals surface area contributed by atoms with E-state index < -0.39 is 0 Å². The molecule has 0 aliphatic carbocycles. The van der Waals surface area contributed by atoms with Crippen molar-refractivity contribution >= 4 is 11.5 Å². The Bertz CT molecular complexity index is 436. The quantitative estimate of drug-likeness (QED) is 0.865. The lowest BCUT2D eigenvalue weighted by Gasteiger charge is -2.22. The lowest BCUT2D eigenvalue weighted by Crippen LogP contribution is -2.26. The van der Waals surface area contributed by atoms with Crippen molar-refractivity contribution in [3.05, 3.63) is 12.1 Å². The van der Waals surface area contributed by atoms with E-state index in [1.54, 1.807) is 0 Å². The van der Waals surface area contributed by atoms with E-state index in [1.165, 1.54) is 25.9 Å². The Balaban J connectivity index is 1.89. The Morgan fingerprint density at radius 3 is 2.65 bits per heavy atom. The number of nitrogens with one attached hydrogen (secondary N) is 1. The van der Waals surface area contributed by atoms with E-state index in [9.17, 15) is 0 Å². The van der Waals surface area contributed by atoms with Crippen LogP contribution in [0.15, 0.2) is 12.1 Å². The van der Waals surface area contributed by atoms with Crippen LogP contribution in [0, 0.1) is 0 Å². The first-order valence-corrected chi connectivity index (χ1v) is 7.36. The summed E-state index contributed by atoms with van der Waals surface area (Å²) in [7, 11) is 0. The second-order valence-electron chi connectivity index (χ2n) is 6.28. The molecule has 3 N–H and O–H groups in total. The van der Waals surface area contributed by atoms with Crippen LogP contribution in [0.2, 0.25) is 0 Å². The summed E-state index contributed by atoms with van der Waals surface area (Å²) < 4.78 is 5.77. The molecule has 1 aromatic rings. The van der Waals surface area contributed by atoms with E-state index >= 15 is 0 Å². The van der Waals surface area contributed by atoms with Gasteiger partial charge in [0.15, 0.2) is 0 Å². The maximum atomic E-state index is 5.90. The average Bonchev–Trinajstić information content (AvgIpc) is 2.84. The molecule has 20 heavy (non-hydrogen) atoms. The van der Waals surface area contributed by atoms with Crippen LogP contribution < -0.4 is 15.8 Å². The molecule has 1 aliphatic rings. The van der Waals surface area contributed by atoms with Gasteiger partial charge in [0.05, 0.1) is 5.69 Å². The summed E-state index contributed by atoms with van der Waals surface area (Å²) in [6.45, 7) is 10.3. The van der Waals surface area contributed by atoms with Gasteiger partial charge in [-0.1, -0.05) is 0 Å². The molecule has 1 aromatic heterocycles. The fourth-order valence-electron chi connectivity index (χ4n) is 2.27. The fraction of sp³-hybridized carbons (Fsp3) is 0.667. The number of likely N-dealkylation sites (tertiary alicyclic amines) is 1. The lowest BCUT2D eigenvalue weighted by atomic mass is 10.2. The maximum absolute atomic E-state index is 5.90. The summed E-state index contributed by atoms with van der Waals surface area (Å²) >= 11 is 0. The zero-order valence-electron chi connectivity index (χ0n) is 12.8. The molecule has 112 valence electrons. The molecule has 0 bridgehead atoms. The topological polar surface area (TPSA) is 63.4 Å². The Morgan fingerprint density at radius 2 is 2.00 bits per heavy atom. The number of hydrogen-bond donors (Lipinski definition) is 2. The van der Waals surface area contributed by atoms with E-state index in [4.69, 9.17) is 10.5 Å². The molecule has 0 saturated carbocycles. The maximum Gasteiger partial charge on any atom is 0.239 e. The van der Waals surface area contributed by atoms with Crippen molar-refractivity contribution in [2.75, 3.05) is 37.2 Å². The lowest BCUT2D eigenvalue weighted by molar-refractivity contribution is 0.125. The number of pyridine rings is 1. The van der Waals surface area contributed by atoms with Crippen molar-refractivity contribution in [2.24, 2.45) is 0 Å². The highest BCUT2D eigenvalue weighted by Crippen LogP contribution is 2.24. The van der Waals surface area contributed by atoms with E-state index in [2.05, 4.69) is 15.2 Å². The van der Waals surface area contributed by atoms with Gasteiger partial charge in [0, 0.05) is 13.1 Å². The zero-order chi connectivity index (χ0) is 14.6. The Kier molecular flexibility index (Phi) is 4.70. The van der Waals surface area contributed by atoms with Gasteiger partial charge in [0.25, 0.3) is 0 Å². The largest absolute Gasteiger partial charge is 0.470 e. The van der Waals surface area contributed by atoms with Gasteiger partial charge < -0.3 is 20.7 Å². The molecule has 1 aliphatic heterocycles. The van der Waals surface area contributed by atoms with Crippen LogP contribution in [0.4, 0.5) is 11.5 Å². The molecule has 0 radical (unpaired) electrons. The molecule has 0 spiro atoms. The summed E-state index contributed by atoms with van der Waals surface area (Å²) in [6.07, 6.45) is 2.65. The van der Waals surface area contributed by atoms with E-state index in [0.717, 1.165) is 18.9 Å². The molecule has 1 saturated heterocycles. The highest BCUT2D eigenvalue weighted by Gasteiger charge is 2.15. The van der Waals surface area contributed by atoms with Crippen molar-refractivity contribution in [2.45, 2.75) is 39.2 Å². The smallest absolute Gasteiger partial charge is 0.239 e. The van der Waals surface area contributed by atoms with Crippen molar-refractivity contribution in [1.82, 2.24) is 9.88 Å². The third-order valence-corrected chi connectivity index (χ3v) is 3.23. The number of rotatable bonds is 5. The first-order valence-electron chi connectivity index (χ1n) is 7.36. The first kappa shape index (κ1) is 14.9. The van der Waals surface area contributed by atoms with E-state index in [1.807, 2.05) is 32.9 Å². The molecule has 0 unspecified atom stereocenters. The zero-order valence-corrected chi connectivity index (χ0v) is 12.8. The van der Waals surface area contributed by atoms with Gasteiger partial charge in [0.1, 0.15) is 11.4 Å². The summed E-state index contributed by atoms with van der Waals surface area (Å²) in [6, 6.07) is 3.74. The second-order valence-corrected chi connectivity index (χ2v) is 6.28. The Labute approximate surface area is 121 Å². The van der Waals surface area contributed by atoms with Crippen LogP contribution in [-0.4, -0.2) is 41.7 Å². The van der Waals surface area contributed by atoms with Gasteiger partial charge in [-0.2, -0.15) is 4.98 Å². The molecular formula is C15H26N4O. The van der Waals surface area contributed by atoms with Gasteiger partial charge in [-0.25, -0.2) is 0 Å². The van der Waals surface area contributed by atoms with Crippen molar-refractivity contribution in [1.29, 1.82) is 0 Å². The van der Waals surface area contributed by atoms with Crippen LogP contribution in [-0.2, 0) is 0 Å². The van der Waals surface area contributed by atoms with Crippen molar-refractivity contribution < 1.29 is 4.74 Å². The highest BCUT2D eigenvalue weighted by molar-refractivity contribution is 5.53. The SMILES string of the molecule is CC(C)(C)Oc1nc(NCCN2CCCC2)ccc1N. The molecule has 2 heterocycles. The predicted octanol–water partition coefficient (Wildman–Crippen LogP) is 2.35. The predicted molar refractivity (Wildman–Crippen MR) is 83.2 cm³/mol. The summed E-state index contributed by atoms with van der Waals surface area (Å²) in [5.74, 6) is 1.32. The number of nitrogens with two attached hydrogens (primary N) is 1. The summed E-state index contributed by atoms with van der Waals surface area (Å²) in [5, 5.41) is 3.34. The normalized spacial score (nSPS) is 16.4. The standard InChI is InChI=1S/C15H26N4O/c1-15(2,3)20-14-12(16)6-7-13(18-14)17-8-11-19-9-4-5-10-19/h6-7H,4-5,8-11,16H2,1-3H3,(H,17,18). The monoisotopic (exact) mass is 278 g/mol. The highest BCUT2D eigenvalue weighted by atomic mass is 16.5. The van der Waals surface area contributed by atoms with Crippen LogP contribution in [0.5, 0.6) is 5.88 Å². The molecule has 5 nitrogen and oxygen atoms in total. The average molecular weight is 278 g/mol. The molecule has 5 heteroatoms. The van der Waals surface area contributed by atoms with Gasteiger partial charge in [-0.3, -0.25) is 0 Å². The van der Waals surface area contributed by atoms with Crippen LogP contribution in [0.1, 0.15) is 33.6 Å². The molecular weight excluding hydrogens is 252 g/mol. The summed E-state index contributed by atoms with van der Waals surface area (Å²) in [4.78, 5) is 6.91. The number of hydrogen-bond acceptors (Lipinski definition) is 5. The minimum Gasteiger partial charge on any atom is -0.470 e. The van der Waals surface area contributed by atoms with Gasteiger partial charge in [-0.15, -0.1) is 0 Å². The van der Waals surface area contributed by atoms with Gasteiger partial charge in [-0.05, 0) is 58.8 Å². The summed E-state index contributed by atoms with van der Waals surface area (Å²) in [5.41, 5.74) is 6.18. The Morgan fingerprint density at radius 1 is 1.30 bits per heavy atom. The first-order chi connectivity index (χ1) is 9.44. The van der Waals surface area contributed by atoms with E-state index in [-0.39, 0.29) is 5.60 Å². The minimum absolute atomic E-state index is 0.296. The number of aromatic nitrogens is 1. The van der Waals surface area contributed by atoms with Crippen LogP contribution >= 0.6 is 0 Å². The van der Waals surface area contributed by atoms with E-state index in [0.29, 0.717) is 11.6 Å².